The molecule has 0 aromatic heterocycles. The number of hydrogen-bond acceptors (Lipinski definition) is 3. The van der Waals surface area contributed by atoms with Crippen molar-refractivity contribution < 1.29 is 14.7 Å². The molecule has 1 aromatic carbocycles. The molecule has 1 N–H and O–H groups in total. The molecule has 3 amide bonds. The molecule has 2 rings (SSSR count). The highest BCUT2D eigenvalue weighted by molar-refractivity contribution is 6.30. The molecule has 21 heavy (non-hydrogen) atoms. The first-order valence-corrected chi connectivity index (χ1v) is 7.07. The molecule has 0 radical (unpaired) electrons. The van der Waals surface area contributed by atoms with Gasteiger partial charge in [0.25, 0.3) is 0 Å². The molecule has 6 nitrogen and oxygen atoms in total. The third-order valence-electron chi connectivity index (χ3n) is 3.42. The fraction of sp³-hybridized carbons (Fsp3) is 0.429. The fourth-order valence-electron chi connectivity index (χ4n) is 2.15. The molecule has 1 fully saturated rings. The molecule has 1 heterocycles. The van der Waals surface area contributed by atoms with E-state index >= 15 is 0 Å². The van der Waals surface area contributed by atoms with Crippen LogP contribution >= 0.6 is 11.6 Å². The average Bonchev–Trinajstić information content (AvgIpc) is 2.81. The van der Waals surface area contributed by atoms with Crippen LogP contribution in [0.3, 0.4) is 0 Å². The molecule has 0 atom stereocenters. The van der Waals surface area contributed by atoms with E-state index in [1.165, 1.54) is 9.80 Å². The number of amides is 3. The van der Waals surface area contributed by atoms with Crippen LogP contribution in [-0.2, 0) is 4.79 Å². The molecule has 7 heteroatoms. The fourth-order valence-corrected chi connectivity index (χ4v) is 2.27. The van der Waals surface area contributed by atoms with E-state index < -0.39 is 0 Å². The van der Waals surface area contributed by atoms with Gasteiger partial charge in [0.1, 0.15) is 6.54 Å². The molecule has 1 aromatic rings. The van der Waals surface area contributed by atoms with E-state index in [0.717, 1.165) is 5.69 Å². The van der Waals surface area contributed by atoms with Crippen molar-refractivity contribution in [1.82, 2.24) is 9.80 Å². The third kappa shape index (κ3) is 3.65. The number of likely N-dealkylation sites (N-methyl/N-ethyl adjacent to an activating group) is 1. The molecule has 0 bridgehead atoms. The molecule has 1 aliphatic rings. The molecule has 0 unspecified atom stereocenters. The van der Waals surface area contributed by atoms with Gasteiger partial charge in [-0.15, -0.1) is 0 Å². The van der Waals surface area contributed by atoms with Crippen LogP contribution in [0.15, 0.2) is 24.3 Å². The Morgan fingerprint density at radius 3 is 2.62 bits per heavy atom. The SMILES string of the molecule is CN(CCO)C(=O)CN1CCN(c2ccc(Cl)cc2)C1=O. The Kier molecular flexibility index (Phi) is 5.03. The van der Waals surface area contributed by atoms with Gasteiger partial charge in [-0.1, -0.05) is 11.6 Å². The first kappa shape index (κ1) is 15.6. The Labute approximate surface area is 128 Å². The lowest BCUT2D eigenvalue weighted by atomic mass is 10.3. The van der Waals surface area contributed by atoms with Crippen molar-refractivity contribution in [1.29, 1.82) is 0 Å². The van der Waals surface area contributed by atoms with Crippen LogP contribution in [-0.4, -0.2) is 66.7 Å². The molecule has 1 saturated heterocycles. The molecule has 1 aliphatic heterocycles. The monoisotopic (exact) mass is 311 g/mol. The minimum absolute atomic E-state index is 0.0272. The van der Waals surface area contributed by atoms with Gasteiger partial charge in [-0.25, -0.2) is 4.79 Å². The second-order valence-corrected chi connectivity index (χ2v) is 5.31. The lowest BCUT2D eigenvalue weighted by Crippen LogP contribution is -2.41. The summed E-state index contributed by atoms with van der Waals surface area (Å²) >= 11 is 5.83. The number of rotatable bonds is 5. The zero-order valence-corrected chi connectivity index (χ0v) is 12.6. The van der Waals surface area contributed by atoms with Gasteiger partial charge in [-0.3, -0.25) is 9.69 Å². The summed E-state index contributed by atoms with van der Waals surface area (Å²) in [5.41, 5.74) is 0.767. The van der Waals surface area contributed by atoms with E-state index in [1.54, 1.807) is 36.2 Å². The Bertz CT molecular complexity index is 521. The van der Waals surface area contributed by atoms with E-state index in [2.05, 4.69) is 0 Å². The second-order valence-electron chi connectivity index (χ2n) is 4.87. The lowest BCUT2D eigenvalue weighted by molar-refractivity contribution is -0.130. The topological polar surface area (TPSA) is 64.1 Å². The van der Waals surface area contributed by atoms with Gasteiger partial charge < -0.3 is 14.9 Å². The summed E-state index contributed by atoms with van der Waals surface area (Å²) in [5.74, 6) is -0.185. The largest absolute Gasteiger partial charge is 0.395 e. The van der Waals surface area contributed by atoms with Crippen LogP contribution in [0, 0.1) is 0 Å². The second kappa shape index (κ2) is 6.78. The molecule has 0 spiro atoms. The van der Waals surface area contributed by atoms with E-state index in [4.69, 9.17) is 16.7 Å². The number of carbonyl (C=O) groups is 2. The minimum atomic E-state index is -0.192. The number of aliphatic hydroxyl groups excluding tert-OH is 1. The van der Waals surface area contributed by atoms with Crippen LogP contribution in [0.4, 0.5) is 10.5 Å². The van der Waals surface area contributed by atoms with Gasteiger partial charge in [0.2, 0.25) is 5.91 Å². The predicted octanol–water partition coefficient (Wildman–Crippen LogP) is 1.03. The number of hydrogen-bond donors (Lipinski definition) is 1. The number of urea groups is 1. The maximum Gasteiger partial charge on any atom is 0.325 e. The standard InChI is InChI=1S/C14H18ClN3O3/c1-16(8-9-19)13(20)10-17-6-7-18(14(17)21)12-4-2-11(15)3-5-12/h2-5,19H,6-10H2,1H3. The van der Waals surface area contributed by atoms with E-state index in [0.29, 0.717) is 18.1 Å². The first-order chi connectivity index (χ1) is 10.0. The molecule has 114 valence electrons. The zero-order valence-electron chi connectivity index (χ0n) is 11.8. The molecule has 0 aliphatic carbocycles. The van der Waals surface area contributed by atoms with Gasteiger partial charge in [0.05, 0.1) is 6.61 Å². The highest BCUT2D eigenvalue weighted by Gasteiger charge is 2.31. The Hall–Kier alpha value is -1.79. The van der Waals surface area contributed by atoms with E-state index in [1.807, 2.05) is 0 Å². The van der Waals surface area contributed by atoms with Crippen molar-refractivity contribution in [3.63, 3.8) is 0 Å². The van der Waals surface area contributed by atoms with Gasteiger partial charge in [-0.2, -0.15) is 0 Å². The lowest BCUT2D eigenvalue weighted by Gasteiger charge is -2.21. The third-order valence-corrected chi connectivity index (χ3v) is 3.67. The maximum atomic E-state index is 12.3. The van der Waals surface area contributed by atoms with Crippen LogP contribution in [0.5, 0.6) is 0 Å². The zero-order chi connectivity index (χ0) is 15.4. The number of carbonyl (C=O) groups excluding carboxylic acids is 2. The minimum Gasteiger partial charge on any atom is -0.395 e. The number of anilines is 1. The highest BCUT2D eigenvalue weighted by atomic mass is 35.5. The normalized spacial score (nSPS) is 14.7. The van der Waals surface area contributed by atoms with Crippen LogP contribution in [0.25, 0.3) is 0 Å². The van der Waals surface area contributed by atoms with Crippen molar-refractivity contribution in [2.45, 2.75) is 0 Å². The van der Waals surface area contributed by atoms with Gasteiger partial charge in [0.15, 0.2) is 0 Å². The number of halogens is 1. The Morgan fingerprint density at radius 2 is 2.00 bits per heavy atom. The molecule has 0 saturated carbocycles. The maximum absolute atomic E-state index is 12.3. The summed E-state index contributed by atoms with van der Waals surface area (Å²) in [7, 11) is 1.61. The average molecular weight is 312 g/mol. The van der Waals surface area contributed by atoms with Crippen molar-refractivity contribution in [3.8, 4) is 0 Å². The summed E-state index contributed by atoms with van der Waals surface area (Å²) in [6.07, 6.45) is 0. The first-order valence-electron chi connectivity index (χ1n) is 6.69. The molecular formula is C14H18ClN3O3. The van der Waals surface area contributed by atoms with Crippen LogP contribution in [0.2, 0.25) is 5.02 Å². The van der Waals surface area contributed by atoms with Crippen LogP contribution < -0.4 is 4.90 Å². The van der Waals surface area contributed by atoms with Gasteiger partial charge in [-0.05, 0) is 24.3 Å². The summed E-state index contributed by atoms with van der Waals surface area (Å²) in [6.45, 7) is 1.24. The predicted molar refractivity (Wildman–Crippen MR) is 80.5 cm³/mol. The van der Waals surface area contributed by atoms with Gasteiger partial charge in [0, 0.05) is 37.4 Å². The number of benzene rings is 1. The number of aliphatic hydroxyl groups is 1. The van der Waals surface area contributed by atoms with Crippen LogP contribution in [0.1, 0.15) is 0 Å². The summed E-state index contributed by atoms with van der Waals surface area (Å²) in [6, 6.07) is 6.83. The number of nitrogens with zero attached hydrogens (tertiary/aromatic N) is 3. The highest BCUT2D eigenvalue weighted by Crippen LogP contribution is 2.22. The summed E-state index contributed by atoms with van der Waals surface area (Å²) in [4.78, 5) is 28.8. The van der Waals surface area contributed by atoms with Crippen molar-refractivity contribution in [2.24, 2.45) is 0 Å². The Morgan fingerprint density at radius 1 is 1.33 bits per heavy atom. The summed E-state index contributed by atoms with van der Waals surface area (Å²) in [5, 5.41) is 9.43. The molecular weight excluding hydrogens is 294 g/mol. The quantitative estimate of drug-likeness (QED) is 0.883. The Balaban J connectivity index is 1.98. The van der Waals surface area contributed by atoms with Crippen molar-refractivity contribution in [3.05, 3.63) is 29.3 Å². The van der Waals surface area contributed by atoms with Gasteiger partial charge >= 0.3 is 6.03 Å². The summed E-state index contributed by atoms with van der Waals surface area (Å²) < 4.78 is 0. The smallest absolute Gasteiger partial charge is 0.325 e. The van der Waals surface area contributed by atoms with Crippen molar-refractivity contribution in [2.75, 3.05) is 44.7 Å². The van der Waals surface area contributed by atoms with E-state index in [9.17, 15) is 9.59 Å². The van der Waals surface area contributed by atoms with Crippen molar-refractivity contribution >= 4 is 29.2 Å². The van der Waals surface area contributed by atoms with E-state index in [-0.39, 0.29) is 31.6 Å².